The van der Waals surface area contributed by atoms with Gasteiger partial charge in [-0.2, -0.15) is 0 Å². The molecule has 0 spiro atoms. The van der Waals surface area contributed by atoms with E-state index in [0.29, 0.717) is 0 Å². The van der Waals surface area contributed by atoms with Crippen molar-refractivity contribution < 1.29 is 22.2 Å². The molecule has 0 saturated carbocycles. The molecule has 1 N–H and O–H groups in total. The standard InChI is InChI=1S/C10H12O2/c11-10(12)8-4-7-9-5-2-1-3-6-9/h1-3,5-6H,4,7-8H2,(H,11,12)/i1D,4D2,5D,6D,7D2,8D2. The van der Waals surface area contributed by atoms with Crippen molar-refractivity contribution in [3.8, 4) is 0 Å². The first kappa shape index (κ1) is 2.59. The van der Waals surface area contributed by atoms with E-state index in [0.717, 1.165) is 12.1 Å². The molecule has 0 aliphatic heterocycles. The largest absolute Gasteiger partial charge is 0.481 e. The summed E-state index contributed by atoms with van der Waals surface area (Å²) in [6.45, 7) is 0. The van der Waals surface area contributed by atoms with Gasteiger partial charge in [0.05, 0.1) is 4.11 Å². The number of rotatable bonds is 4. The summed E-state index contributed by atoms with van der Waals surface area (Å²) in [6, 6.07) is 0.159. The third-order valence-corrected chi connectivity index (χ3v) is 0.957. The van der Waals surface area contributed by atoms with E-state index in [9.17, 15) is 4.79 Å². The monoisotopic (exact) mass is 173 g/mol. The van der Waals surface area contributed by atoms with Crippen molar-refractivity contribution in [1.82, 2.24) is 0 Å². The Morgan fingerprint density at radius 1 is 1.58 bits per heavy atom. The first-order chi connectivity index (χ1) is 9.26. The van der Waals surface area contributed by atoms with Gasteiger partial charge < -0.3 is 5.11 Å². The van der Waals surface area contributed by atoms with Crippen LogP contribution in [0, 0.1) is 0 Å². The maximum atomic E-state index is 10.9. The summed E-state index contributed by atoms with van der Waals surface area (Å²) in [4.78, 5) is 10.9. The molecule has 0 aromatic heterocycles. The van der Waals surface area contributed by atoms with Gasteiger partial charge >= 0.3 is 5.97 Å². The van der Waals surface area contributed by atoms with Crippen molar-refractivity contribution in [1.29, 1.82) is 0 Å². The van der Waals surface area contributed by atoms with Crippen molar-refractivity contribution in [2.45, 2.75) is 19.1 Å². The van der Waals surface area contributed by atoms with E-state index in [1.54, 1.807) is 0 Å². The summed E-state index contributed by atoms with van der Waals surface area (Å²) >= 11 is 0. The smallest absolute Gasteiger partial charge is 0.303 e. The first-order valence-electron chi connectivity index (χ1n) is 7.58. The minimum atomic E-state index is -3.57. The van der Waals surface area contributed by atoms with Gasteiger partial charge in [-0.25, -0.2) is 0 Å². The number of aliphatic carboxylic acids is 1. The number of hydrogen-bond acceptors (Lipinski definition) is 1. The Bertz CT molecular complexity index is 559. The zero-order chi connectivity index (χ0) is 16.8. The Labute approximate surface area is 84.5 Å². The number of carboxylic acids is 1. The quantitative estimate of drug-likeness (QED) is 0.757. The van der Waals surface area contributed by atoms with Gasteiger partial charge in [0.15, 0.2) is 0 Å². The van der Waals surface area contributed by atoms with Crippen LogP contribution >= 0.6 is 0 Å². The molecule has 0 aliphatic carbocycles. The number of carbonyl (C=O) groups is 1. The SMILES string of the molecule is [2H]c1cc([2H])c(C([2H])([2H])C([2H])([2H])C([2H])([2H])C(=O)O)c([2H])c1. The second-order valence-corrected chi connectivity index (χ2v) is 1.80. The molecule has 2 nitrogen and oxygen atoms in total. The fourth-order valence-corrected chi connectivity index (χ4v) is 0.530. The Morgan fingerprint density at radius 3 is 2.83 bits per heavy atom. The molecule has 0 atom stereocenters. The maximum Gasteiger partial charge on any atom is 0.303 e. The van der Waals surface area contributed by atoms with Crippen molar-refractivity contribution in [2.24, 2.45) is 0 Å². The zero-order valence-electron chi connectivity index (χ0n) is 15.0. The second-order valence-electron chi connectivity index (χ2n) is 1.80. The van der Waals surface area contributed by atoms with Crippen LogP contribution in [0.15, 0.2) is 30.3 Å². The van der Waals surface area contributed by atoms with Crippen LogP contribution in [0.5, 0.6) is 0 Å². The van der Waals surface area contributed by atoms with Crippen LogP contribution in [0.4, 0.5) is 0 Å². The lowest BCUT2D eigenvalue weighted by Gasteiger charge is -1.97. The lowest BCUT2D eigenvalue weighted by Crippen LogP contribution is -1.95. The number of benzene rings is 1. The molecule has 1 rings (SSSR count). The summed E-state index contributed by atoms with van der Waals surface area (Å²) in [5, 5.41) is 8.76. The topological polar surface area (TPSA) is 37.3 Å². The maximum absolute atomic E-state index is 10.9. The summed E-state index contributed by atoms with van der Waals surface area (Å²) in [5.41, 5.74) is -0.798. The molecular weight excluding hydrogens is 152 g/mol. The third kappa shape index (κ3) is 3.19. The van der Waals surface area contributed by atoms with Gasteiger partial charge in [-0.15, -0.1) is 0 Å². The summed E-state index contributed by atoms with van der Waals surface area (Å²) in [5.74, 6) is -2.19. The summed E-state index contributed by atoms with van der Waals surface area (Å²) < 4.78 is 67.7. The Hall–Kier alpha value is -1.31. The van der Waals surface area contributed by atoms with Crippen LogP contribution in [0.25, 0.3) is 0 Å². The van der Waals surface area contributed by atoms with Crippen LogP contribution in [0.3, 0.4) is 0 Å². The minimum absolute atomic E-state index is 0.258. The second kappa shape index (κ2) is 4.54. The Morgan fingerprint density at radius 2 is 2.25 bits per heavy atom. The molecule has 0 bridgehead atoms. The molecule has 0 aliphatic rings. The first-order valence-corrected chi connectivity index (χ1v) is 3.08. The highest BCUT2D eigenvalue weighted by atomic mass is 16.4. The molecule has 2 heteroatoms. The van der Waals surface area contributed by atoms with E-state index in [-0.39, 0.29) is 6.04 Å². The van der Waals surface area contributed by atoms with Gasteiger partial charge in [0.1, 0.15) is 0 Å². The van der Waals surface area contributed by atoms with Crippen LogP contribution in [-0.2, 0) is 11.2 Å². The highest BCUT2D eigenvalue weighted by Gasteiger charge is 1.96. The fraction of sp³-hybridized carbons (Fsp3) is 0.300. The Balaban J connectivity index is 3.58. The fourth-order valence-electron chi connectivity index (χ4n) is 0.530. The Kier molecular flexibility index (Phi) is 0.980. The number of carboxylic acid groups (broad SMARTS) is 1. The molecular formula is C10H12O2. The molecule has 1 aromatic rings. The van der Waals surface area contributed by atoms with Gasteiger partial charge in [0.2, 0.25) is 0 Å². The van der Waals surface area contributed by atoms with E-state index >= 15 is 0 Å². The van der Waals surface area contributed by atoms with Crippen molar-refractivity contribution in [3.63, 3.8) is 0 Å². The predicted molar refractivity (Wildman–Crippen MR) is 47.0 cm³/mol. The highest BCUT2D eigenvalue weighted by Crippen LogP contribution is 2.03. The van der Waals surface area contributed by atoms with Crippen LogP contribution < -0.4 is 0 Å². The van der Waals surface area contributed by atoms with Crippen molar-refractivity contribution in [3.05, 3.63) is 35.8 Å². The van der Waals surface area contributed by atoms with Crippen LogP contribution in [0.1, 0.15) is 30.6 Å². The molecule has 0 fully saturated rings. The zero-order valence-corrected chi connectivity index (χ0v) is 6.01. The molecule has 1 aromatic carbocycles. The molecule has 12 heavy (non-hydrogen) atoms. The van der Waals surface area contributed by atoms with E-state index in [1.807, 2.05) is 0 Å². The normalized spacial score (nSPS) is 24.2. The van der Waals surface area contributed by atoms with Gasteiger partial charge in [-0.3, -0.25) is 4.79 Å². The van der Waals surface area contributed by atoms with E-state index in [4.69, 9.17) is 17.4 Å². The summed E-state index contributed by atoms with van der Waals surface area (Å²) in [7, 11) is 0. The lowest BCUT2D eigenvalue weighted by molar-refractivity contribution is -0.137. The molecule has 0 saturated heterocycles. The lowest BCUT2D eigenvalue weighted by atomic mass is 10.1. The third-order valence-electron chi connectivity index (χ3n) is 0.957. The average Bonchev–Trinajstić information content (AvgIpc) is 2.25. The van der Waals surface area contributed by atoms with Gasteiger partial charge in [-0.1, -0.05) is 30.3 Å². The molecule has 0 amide bonds. The molecule has 64 valence electrons. The van der Waals surface area contributed by atoms with E-state index < -0.39 is 42.7 Å². The highest BCUT2D eigenvalue weighted by molar-refractivity contribution is 5.66. The summed E-state index contributed by atoms with van der Waals surface area (Å²) in [6.07, 6.45) is -10.4. The van der Waals surface area contributed by atoms with Crippen molar-refractivity contribution in [2.75, 3.05) is 0 Å². The van der Waals surface area contributed by atoms with E-state index in [2.05, 4.69) is 0 Å². The van der Waals surface area contributed by atoms with Crippen molar-refractivity contribution >= 4 is 5.97 Å². The number of hydrogen-bond donors (Lipinski definition) is 1. The van der Waals surface area contributed by atoms with Gasteiger partial charge in [0, 0.05) is 14.6 Å². The van der Waals surface area contributed by atoms with Crippen LogP contribution in [-0.4, -0.2) is 11.1 Å². The van der Waals surface area contributed by atoms with Gasteiger partial charge in [-0.05, 0) is 18.3 Å². The minimum Gasteiger partial charge on any atom is -0.481 e. The van der Waals surface area contributed by atoms with Gasteiger partial charge in [0.25, 0.3) is 0 Å². The molecule has 0 heterocycles. The molecule has 0 unspecified atom stereocenters. The molecule has 0 radical (unpaired) electrons. The average molecular weight is 173 g/mol. The van der Waals surface area contributed by atoms with Crippen LogP contribution in [0.2, 0.25) is 0 Å². The predicted octanol–water partition coefficient (Wildman–Crippen LogP) is 2.09. The van der Waals surface area contributed by atoms with E-state index in [1.165, 1.54) is 0 Å².